The highest BCUT2D eigenvalue weighted by atomic mass is 15.2. The molecule has 3 rings (SSSR count). The Bertz CT molecular complexity index is 888. The van der Waals surface area contributed by atoms with Crippen molar-refractivity contribution in [3.05, 3.63) is 53.8 Å². The fourth-order valence-electron chi connectivity index (χ4n) is 1.97. The molecule has 0 spiro atoms. The van der Waals surface area contributed by atoms with Crippen molar-refractivity contribution < 1.29 is 5.48 Å². The summed E-state index contributed by atoms with van der Waals surface area (Å²) in [4.78, 5) is 4.17. The summed E-state index contributed by atoms with van der Waals surface area (Å²) in [5.74, 6) is 0. The van der Waals surface area contributed by atoms with E-state index < -0.39 is 0 Å². The molecule has 0 radical (unpaired) electrons. The minimum absolute atomic E-state index is 0.0323. The Hall–Kier alpha value is -2.20. The predicted molar refractivity (Wildman–Crippen MR) is 75.8 cm³/mol. The summed E-state index contributed by atoms with van der Waals surface area (Å²) in [6.45, 7) is 3.40. The summed E-state index contributed by atoms with van der Waals surface area (Å²) in [7, 11) is 0. The van der Waals surface area contributed by atoms with Gasteiger partial charge in [-0.25, -0.2) is 9.50 Å². The zero-order valence-corrected chi connectivity index (χ0v) is 10.7. The Morgan fingerprint density at radius 3 is 3.05 bits per heavy atom. The van der Waals surface area contributed by atoms with Crippen LogP contribution in [-0.2, 0) is 0 Å². The van der Waals surface area contributed by atoms with Crippen molar-refractivity contribution in [3.63, 3.8) is 0 Å². The van der Waals surface area contributed by atoms with Gasteiger partial charge in [-0.15, -0.1) is 0 Å². The molecular weight excluding hydrogens is 236 g/mol. The van der Waals surface area contributed by atoms with E-state index in [1.165, 1.54) is 0 Å². The molecule has 0 amide bonds. The van der Waals surface area contributed by atoms with Gasteiger partial charge in [0.1, 0.15) is 0 Å². The summed E-state index contributed by atoms with van der Waals surface area (Å²) >= 11 is 0. The van der Waals surface area contributed by atoms with E-state index in [4.69, 9.17) is 11.2 Å². The topological polar surface area (TPSA) is 56.2 Å². The number of fused-ring (bicyclic) bond motifs is 1. The predicted octanol–water partition coefficient (Wildman–Crippen LogP) is 2.72. The molecule has 0 aliphatic carbocycles. The number of nitrogens with zero attached hydrogens (tertiary/aromatic N) is 3. The van der Waals surface area contributed by atoms with Crippen LogP contribution >= 0.6 is 0 Å². The molecule has 0 aliphatic heterocycles. The van der Waals surface area contributed by atoms with Crippen molar-refractivity contribution in [2.45, 2.75) is 19.9 Å². The third-order valence-corrected chi connectivity index (χ3v) is 2.89. The highest BCUT2D eigenvalue weighted by molar-refractivity contribution is 5.66. The number of benzene rings is 1. The number of aromatic nitrogens is 3. The lowest BCUT2D eigenvalue weighted by Crippen LogP contribution is -2.10. The summed E-state index contributed by atoms with van der Waals surface area (Å²) in [5, 5.41) is 4.45. The lowest BCUT2D eigenvalue weighted by Gasteiger charge is -2.13. The fraction of sp³-hybridized carbons (Fsp3) is 0.200. The zero-order valence-electron chi connectivity index (χ0n) is 14.7. The first-order valence-electron chi connectivity index (χ1n) is 8.00. The maximum atomic E-state index is 8.29. The number of hydrogen-bond acceptors (Lipinski definition) is 3. The van der Waals surface area contributed by atoms with Crippen LogP contribution in [-0.4, -0.2) is 14.6 Å². The third-order valence-electron chi connectivity index (χ3n) is 2.89. The summed E-state index contributed by atoms with van der Waals surface area (Å²) in [5.41, 5.74) is 8.28. The summed E-state index contributed by atoms with van der Waals surface area (Å²) in [6.07, 6.45) is 3.28. The molecule has 0 aliphatic rings. The quantitative estimate of drug-likeness (QED) is 0.767. The average molecular weight is 256 g/mol. The molecule has 2 N–H and O–H groups in total. The second-order valence-electron chi connectivity index (χ2n) is 4.47. The average Bonchev–Trinajstić information content (AvgIpc) is 2.97. The fourth-order valence-corrected chi connectivity index (χ4v) is 1.97. The van der Waals surface area contributed by atoms with Crippen LogP contribution in [0.15, 0.2) is 42.6 Å². The first-order chi connectivity index (χ1) is 10.8. The van der Waals surface area contributed by atoms with Crippen LogP contribution in [0.1, 0.15) is 29.6 Å². The highest BCUT2D eigenvalue weighted by Gasteiger charge is 2.13. The van der Waals surface area contributed by atoms with E-state index in [1.54, 1.807) is 36.8 Å². The molecule has 96 valence electrons. The van der Waals surface area contributed by atoms with Crippen molar-refractivity contribution in [1.29, 1.82) is 0 Å². The van der Waals surface area contributed by atoms with Crippen molar-refractivity contribution in [1.82, 2.24) is 14.6 Å². The first kappa shape index (κ1) is 8.07. The molecule has 1 unspecified atom stereocenters. The van der Waals surface area contributed by atoms with Gasteiger partial charge >= 0.3 is 0 Å². The highest BCUT2D eigenvalue weighted by Crippen LogP contribution is 2.26. The Morgan fingerprint density at radius 1 is 1.42 bits per heavy atom. The molecule has 3 aromatic rings. The van der Waals surface area contributed by atoms with E-state index in [0.717, 1.165) is 0 Å². The SMILES string of the molecule is [2H]c1c([2H])c(C)c([2H])c(-c2nn3ccnc3cc2C(C)N)c1[2H]. The van der Waals surface area contributed by atoms with Gasteiger partial charge in [0.15, 0.2) is 5.65 Å². The van der Waals surface area contributed by atoms with Crippen LogP contribution in [0.5, 0.6) is 0 Å². The normalized spacial score (nSPS) is 15.7. The molecule has 19 heavy (non-hydrogen) atoms. The molecule has 4 heteroatoms. The van der Waals surface area contributed by atoms with Gasteiger partial charge in [-0.1, -0.05) is 23.7 Å². The molecule has 2 heterocycles. The van der Waals surface area contributed by atoms with Gasteiger partial charge in [0, 0.05) is 29.6 Å². The third kappa shape index (κ3) is 2.11. The molecule has 2 aromatic heterocycles. The van der Waals surface area contributed by atoms with Gasteiger partial charge in [0.05, 0.1) is 11.2 Å². The summed E-state index contributed by atoms with van der Waals surface area (Å²) in [6, 6.07) is 0.943. The van der Waals surface area contributed by atoms with Gasteiger partial charge < -0.3 is 5.73 Å². The summed E-state index contributed by atoms with van der Waals surface area (Å²) < 4.78 is 33.8. The minimum Gasteiger partial charge on any atom is -0.324 e. The molecule has 0 bridgehead atoms. The van der Waals surface area contributed by atoms with Crippen LogP contribution in [0, 0.1) is 6.92 Å². The van der Waals surface area contributed by atoms with Crippen LogP contribution < -0.4 is 5.73 Å². The van der Waals surface area contributed by atoms with E-state index in [2.05, 4.69) is 10.1 Å². The van der Waals surface area contributed by atoms with Crippen LogP contribution in [0.25, 0.3) is 16.9 Å². The van der Waals surface area contributed by atoms with Crippen molar-refractivity contribution >= 4 is 5.65 Å². The lowest BCUT2D eigenvalue weighted by atomic mass is 10.0. The molecular formula is C15H16N4. The van der Waals surface area contributed by atoms with Crippen molar-refractivity contribution in [2.24, 2.45) is 5.73 Å². The maximum absolute atomic E-state index is 8.29. The zero-order chi connectivity index (χ0) is 16.9. The molecule has 0 fully saturated rings. The molecule has 4 nitrogen and oxygen atoms in total. The van der Waals surface area contributed by atoms with Crippen LogP contribution in [0.3, 0.4) is 0 Å². The minimum atomic E-state index is -0.372. The van der Waals surface area contributed by atoms with Gasteiger partial charge in [-0.2, -0.15) is 5.10 Å². The van der Waals surface area contributed by atoms with Crippen LogP contribution in [0.4, 0.5) is 0 Å². The molecule has 0 saturated carbocycles. The first-order valence-corrected chi connectivity index (χ1v) is 6.00. The van der Waals surface area contributed by atoms with Gasteiger partial charge in [0.25, 0.3) is 0 Å². The number of hydrogen-bond donors (Lipinski definition) is 1. The van der Waals surface area contributed by atoms with E-state index in [0.29, 0.717) is 22.5 Å². The lowest BCUT2D eigenvalue weighted by molar-refractivity contribution is 0.798. The Labute approximate surface area is 117 Å². The van der Waals surface area contributed by atoms with E-state index in [-0.39, 0.29) is 35.8 Å². The molecule has 0 saturated heterocycles. The number of nitrogens with two attached hydrogens (primary N) is 1. The number of rotatable bonds is 2. The van der Waals surface area contributed by atoms with Crippen molar-refractivity contribution in [2.75, 3.05) is 0 Å². The Balaban J connectivity index is 2.43. The van der Waals surface area contributed by atoms with Gasteiger partial charge in [-0.05, 0) is 26.0 Å². The molecule has 1 atom stereocenters. The number of imidazole rings is 1. The largest absolute Gasteiger partial charge is 0.324 e. The maximum Gasteiger partial charge on any atom is 0.153 e. The van der Waals surface area contributed by atoms with Gasteiger partial charge in [-0.3, -0.25) is 0 Å². The van der Waals surface area contributed by atoms with Crippen LogP contribution in [0.2, 0.25) is 0 Å². The monoisotopic (exact) mass is 256 g/mol. The Kier molecular flexibility index (Phi) is 1.90. The van der Waals surface area contributed by atoms with E-state index >= 15 is 0 Å². The van der Waals surface area contributed by atoms with E-state index in [9.17, 15) is 0 Å². The second-order valence-corrected chi connectivity index (χ2v) is 4.47. The smallest absolute Gasteiger partial charge is 0.153 e. The molecule has 1 aromatic carbocycles. The van der Waals surface area contributed by atoms with Gasteiger partial charge in [0.2, 0.25) is 0 Å². The van der Waals surface area contributed by atoms with E-state index in [1.807, 2.05) is 0 Å². The Morgan fingerprint density at radius 2 is 2.26 bits per heavy atom. The standard InChI is InChI=1S/C15H16N4/c1-10-4-3-5-12(8-10)15-13(11(2)16)9-14-17-6-7-19(14)18-15/h3-9,11H,16H2,1-2H3/i3D,4D,5D,8D. The van der Waals surface area contributed by atoms with Crippen molar-refractivity contribution in [3.8, 4) is 11.3 Å². The second kappa shape index (κ2) is 4.48.